The minimum atomic E-state index is -0.243. The number of rotatable bonds is 2. The molecule has 4 nitrogen and oxygen atoms in total. The van der Waals surface area contributed by atoms with E-state index in [1.807, 2.05) is 25.8 Å². The predicted molar refractivity (Wildman–Crippen MR) is 58.1 cm³/mol. The molecule has 0 bridgehead atoms. The normalized spacial score (nSPS) is 19.5. The Bertz CT molecular complexity index is 268. The lowest BCUT2D eigenvalue weighted by atomic mass is 10.1. The second-order valence-corrected chi connectivity index (χ2v) is 5.07. The Balaban J connectivity index is 2.82. The molecule has 4 heteroatoms. The van der Waals surface area contributed by atoms with Crippen molar-refractivity contribution in [2.24, 2.45) is 0 Å². The highest BCUT2D eigenvalue weighted by Gasteiger charge is 2.34. The number of amides is 1. The van der Waals surface area contributed by atoms with Crippen molar-refractivity contribution in [1.29, 1.82) is 0 Å². The van der Waals surface area contributed by atoms with E-state index in [1.165, 1.54) is 0 Å². The van der Waals surface area contributed by atoms with Gasteiger partial charge in [0.1, 0.15) is 5.78 Å². The van der Waals surface area contributed by atoms with Crippen LogP contribution >= 0.6 is 0 Å². The van der Waals surface area contributed by atoms with E-state index >= 15 is 0 Å². The van der Waals surface area contributed by atoms with Crippen LogP contribution < -0.4 is 0 Å². The summed E-state index contributed by atoms with van der Waals surface area (Å²) in [5.41, 5.74) is -0.243. The number of carbonyl (C=O) groups excluding carboxylic acids is 2. The van der Waals surface area contributed by atoms with Crippen molar-refractivity contribution >= 4 is 11.7 Å². The molecule has 86 valence electrons. The highest BCUT2D eigenvalue weighted by molar-refractivity contribution is 5.80. The third-order valence-electron chi connectivity index (χ3n) is 2.37. The van der Waals surface area contributed by atoms with Crippen molar-refractivity contribution in [3.63, 3.8) is 0 Å². The first-order valence-corrected chi connectivity index (χ1v) is 5.40. The number of ketones is 1. The molecular weight excluding hydrogens is 192 g/mol. The van der Waals surface area contributed by atoms with Crippen LogP contribution in [-0.4, -0.2) is 40.3 Å². The van der Waals surface area contributed by atoms with E-state index < -0.39 is 0 Å². The topological polar surface area (TPSA) is 40.6 Å². The van der Waals surface area contributed by atoms with Gasteiger partial charge in [0.15, 0.2) is 0 Å². The van der Waals surface area contributed by atoms with Crippen molar-refractivity contribution in [3.05, 3.63) is 0 Å². The number of carbonyl (C=O) groups is 2. The number of Topliss-reactive ketones (excluding diaryl/α,β-unsaturated/α-hetero) is 1. The van der Waals surface area contributed by atoms with Crippen molar-refractivity contribution in [3.8, 4) is 0 Å². The number of nitrogens with zero attached hydrogens (tertiary/aromatic N) is 2. The molecule has 1 aliphatic rings. The lowest BCUT2D eigenvalue weighted by Gasteiger charge is -2.46. The van der Waals surface area contributed by atoms with Crippen molar-refractivity contribution < 1.29 is 9.59 Å². The Morgan fingerprint density at radius 3 is 2.47 bits per heavy atom. The van der Waals surface area contributed by atoms with Gasteiger partial charge in [0.25, 0.3) is 0 Å². The van der Waals surface area contributed by atoms with E-state index in [9.17, 15) is 9.59 Å². The van der Waals surface area contributed by atoms with Crippen LogP contribution in [-0.2, 0) is 9.59 Å². The quantitative estimate of drug-likeness (QED) is 0.691. The molecule has 0 aromatic heterocycles. The first-order valence-electron chi connectivity index (χ1n) is 5.40. The lowest BCUT2D eigenvalue weighted by molar-refractivity contribution is -0.171. The van der Waals surface area contributed by atoms with Gasteiger partial charge in [0.2, 0.25) is 5.91 Å². The maximum Gasteiger partial charge on any atom is 0.237 e. The lowest BCUT2D eigenvalue weighted by Crippen LogP contribution is -2.59. The Hall–Kier alpha value is -0.900. The molecule has 1 amide bonds. The Morgan fingerprint density at radius 1 is 1.40 bits per heavy atom. The van der Waals surface area contributed by atoms with Crippen LogP contribution in [0.2, 0.25) is 0 Å². The van der Waals surface area contributed by atoms with Gasteiger partial charge in [-0.3, -0.25) is 14.6 Å². The molecule has 15 heavy (non-hydrogen) atoms. The Morgan fingerprint density at radius 2 is 2.00 bits per heavy atom. The highest BCUT2D eigenvalue weighted by atomic mass is 16.2. The summed E-state index contributed by atoms with van der Waals surface area (Å²) in [7, 11) is 0. The molecule has 0 spiro atoms. The molecule has 0 saturated carbocycles. The standard InChI is InChI=1S/C11H20N2O2/c1-9(14)8-12-7-5-6-10(15)13(12)11(2,3)4/h5-8H2,1-4H3. The summed E-state index contributed by atoms with van der Waals surface area (Å²) in [6.07, 6.45) is 1.43. The first kappa shape index (κ1) is 12.2. The second kappa shape index (κ2) is 4.31. The summed E-state index contributed by atoms with van der Waals surface area (Å²) in [5, 5.41) is 3.60. The zero-order chi connectivity index (χ0) is 11.6. The van der Waals surface area contributed by atoms with E-state index in [0.29, 0.717) is 13.0 Å². The maximum atomic E-state index is 11.8. The monoisotopic (exact) mass is 212 g/mol. The number of hydrazine groups is 1. The number of hydrogen-bond donors (Lipinski definition) is 0. The summed E-state index contributed by atoms with van der Waals surface area (Å²) in [5.74, 6) is 0.217. The van der Waals surface area contributed by atoms with Crippen LogP contribution in [0.1, 0.15) is 40.5 Å². The van der Waals surface area contributed by atoms with Crippen LogP contribution in [0.25, 0.3) is 0 Å². The number of hydrogen-bond acceptors (Lipinski definition) is 3. The molecule has 1 fully saturated rings. The van der Waals surface area contributed by atoms with Crippen molar-refractivity contribution in [2.75, 3.05) is 13.1 Å². The molecule has 0 radical (unpaired) electrons. The van der Waals surface area contributed by atoms with Crippen LogP contribution in [0.15, 0.2) is 0 Å². The van der Waals surface area contributed by atoms with Crippen LogP contribution in [0, 0.1) is 0 Å². The summed E-state index contributed by atoms with van der Waals surface area (Å²) >= 11 is 0. The Labute approximate surface area is 91.2 Å². The van der Waals surface area contributed by atoms with Gasteiger partial charge in [-0.1, -0.05) is 0 Å². The molecule has 1 aliphatic heterocycles. The molecular formula is C11H20N2O2. The van der Waals surface area contributed by atoms with Gasteiger partial charge in [0.05, 0.1) is 12.1 Å². The third-order valence-corrected chi connectivity index (χ3v) is 2.37. The van der Waals surface area contributed by atoms with Gasteiger partial charge in [-0.15, -0.1) is 0 Å². The fourth-order valence-corrected chi connectivity index (χ4v) is 1.98. The molecule has 0 aliphatic carbocycles. The highest BCUT2D eigenvalue weighted by Crippen LogP contribution is 2.22. The third kappa shape index (κ3) is 3.02. The summed E-state index contributed by atoms with van der Waals surface area (Å²) < 4.78 is 0. The summed E-state index contributed by atoms with van der Waals surface area (Å²) in [6, 6.07) is 0. The first-order chi connectivity index (χ1) is 6.82. The van der Waals surface area contributed by atoms with Crippen LogP contribution in [0.5, 0.6) is 0 Å². The molecule has 0 aromatic carbocycles. The smallest absolute Gasteiger partial charge is 0.237 e. The average molecular weight is 212 g/mol. The molecule has 0 atom stereocenters. The van der Waals surface area contributed by atoms with Crippen LogP contribution in [0.4, 0.5) is 0 Å². The molecule has 1 saturated heterocycles. The van der Waals surface area contributed by atoms with Crippen LogP contribution in [0.3, 0.4) is 0 Å². The largest absolute Gasteiger partial charge is 0.298 e. The zero-order valence-corrected chi connectivity index (χ0v) is 10.0. The fraction of sp³-hybridized carbons (Fsp3) is 0.818. The summed E-state index contributed by atoms with van der Waals surface area (Å²) in [4.78, 5) is 22.9. The van der Waals surface area contributed by atoms with Gasteiger partial charge in [-0.05, 0) is 34.1 Å². The van der Waals surface area contributed by atoms with Gasteiger partial charge in [-0.2, -0.15) is 0 Å². The van der Waals surface area contributed by atoms with Crippen molar-refractivity contribution in [2.45, 2.75) is 46.1 Å². The van der Waals surface area contributed by atoms with Gasteiger partial charge < -0.3 is 0 Å². The SMILES string of the molecule is CC(=O)CN1CCCC(=O)N1C(C)(C)C. The second-order valence-electron chi connectivity index (χ2n) is 5.07. The van der Waals surface area contributed by atoms with E-state index in [-0.39, 0.29) is 17.2 Å². The maximum absolute atomic E-state index is 11.8. The van der Waals surface area contributed by atoms with Gasteiger partial charge >= 0.3 is 0 Å². The predicted octanol–water partition coefficient (Wildman–Crippen LogP) is 1.21. The van der Waals surface area contributed by atoms with Gasteiger partial charge in [-0.25, -0.2) is 5.01 Å². The molecule has 0 unspecified atom stereocenters. The minimum Gasteiger partial charge on any atom is -0.298 e. The molecule has 0 N–H and O–H groups in total. The average Bonchev–Trinajstić information content (AvgIpc) is 1.99. The van der Waals surface area contributed by atoms with E-state index in [4.69, 9.17) is 0 Å². The Kier molecular flexibility index (Phi) is 3.50. The van der Waals surface area contributed by atoms with E-state index in [0.717, 1.165) is 13.0 Å². The fourth-order valence-electron chi connectivity index (χ4n) is 1.98. The van der Waals surface area contributed by atoms with E-state index in [2.05, 4.69) is 0 Å². The van der Waals surface area contributed by atoms with Gasteiger partial charge in [0, 0.05) is 13.0 Å². The van der Waals surface area contributed by atoms with Crippen molar-refractivity contribution in [1.82, 2.24) is 10.0 Å². The van der Waals surface area contributed by atoms with E-state index in [1.54, 1.807) is 11.9 Å². The minimum absolute atomic E-state index is 0.0963. The molecule has 1 heterocycles. The molecule has 1 rings (SSSR count). The summed E-state index contributed by atoms with van der Waals surface area (Å²) in [6.45, 7) is 8.65. The molecule has 0 aromatic rings. The zero-order valence-electron chi connectivity index (χ0n) is 10.0.